The van der Waals surface area contributed by atoms with Gasteiger partial charge in [-0.3, -0.25) is 0 Å². The smallest absolute Gasteiger partial charge is 0.199 e. The Hall–Kier alpha value is -3.87. The molecule has 2 aromatic heterocycles. The fraction of sp³-hybridized carbons (Fsp3) is 0.136. The van der Waals surface area contributed by atoms with Crippen LogP contribution in [0.2, 0.25) is 0 Å². The molecule has 3 N–H and O–H groups in total. The number of aryl methyl sites for hydroxylation is 1. The second kappa shape index (κ2) is 8.02. The van der Waals surface area contributed by atoms with Crippen LogP contribution in [0.1, 0.15) is 24.5 Å². The minimum absolute atomic E-state index is 0.171. The molecule has 0 saturated carbocycles. The van der Waals surface area contributed by atoms with Crippen molar-refractivity contribution < 1.29 is 0 Å². The molecule has 4 rings (SSSR count). The van der Waals surface area contributed by atoms with Crippen LogP contribution in [-0.4, -0.2) is 20.4 Å². The molecule has 0 bridgehead atoms. The number of fused-ring (bicyclic) bond motifs is 1. The Balaban J connectivity index is 1.70. The van der Waals surface area contributed by atoms with Gasteiger partial charge in [0.15, 0.2) is 11.5 Å². The van der Waals surface area contributed by atoms with E-state index in [0.29, 0.717) is 5.56 Å². The van der Waals surface area contributed by atoms with Crippen LogP contribution in [-0.2, 0) is 6.42 Å². The lowest BCUT2D eigenvalue weighted by molar-refractivity contribution is 0.921. The van der Waals surface area contributed by atoms with Crippen molar-refractivity contribution in [3.05, 3.63) is 78.2 Å². The van der Waals surface area contributed by atoms with Crippen molar-refractivity contribution >= 4 is 11.5 Å². The van der Waals surface area contributed by atoms with Gasteiger partial charge in [0, 0.05) is 29.1 Å². The van der Waals surface area contributed by atoms with Gasteiger partial charge in [0.25, 0.3) is 0 Å². The third kappa shape index (κ3) is 3.62. The molecule has 0 radical (unpaired) electrons. The second-order valence-corrected chi connectivity index (χ2v) is 6.76. The van der Waals surface area contributed by atoms with Gasteiger partial charge >= 0.3 is 0 Å². The van der Waals surface area contributed by atoms with E-state index >= 15 is 0 Å². The van der Waals surface area contributed by atoms with Gasteiger partial charge in [-0.2, -0.15) is 10.2 Å². The Morgan fingerprint density at radius 3 is 2.62 bits per heavy atom. The monoisotopic (exact) mass is 383 g/mol. The van der Waals surface area contributed by atoms with Crippen molar-refractivity contribution in [3.8, 4) is 22.3 Å². The van der Waals surface area contributed by atoms with Gasteiger partial charge in [-0.1, -0.05) is 55.8 Å². The SMILES string of the molecule is CCCc1ccc(-c2cnc3c(-c4cccc(/C(N=N)=N/N)c4)cnn3c2)cc1. The zero-order valence-corrected chi connectivity index (χ0v) is 16.1. The number of nitrogens with one attached hydrogen (secondary N) is 1. The summed E-state index contributed by atoms with van der Waals surface area (Å²) in [5, 5.41) is 11.4. The lowest BCUT2D eigenvalue weighted by Crippen LogP contribution is -2.00. The van der Waals surface area contributed by atoms with Gasteiger partial charge in [0.05, 0.1) is 6.20 Å². The zero-order chi connectivity index (χ0) is 20.2. The number of nitrogens with zero attached hydrogens (tertiary/aromatic N) is 5. The zero-order valence-electron chi connectivity index (χ0n) is 16.1. The van der Waals surface area contributed by atoms with Crippen LogP contribution >= 0.6 is 0 Å². The van der Waals surface area contributed by atoms with Crippen LogP contribution in [0.3, 0.4) is 0 Å². The van der Waals surface area contributed by atoms with E-state index in [-0.39, 0.29) is 5.84 Å². The first-order valence-electron chi connectivity index (χ1n) is 9.42. The Bertz CT molecular complexity index is 1190. The number of hydrogen-bond donors (Lipinski definition) is 2. The van der Waals surface area contributed by atoms with Gasteiger partial charge < -0.3 is 5.84 Å². The van der Waals surface area contributed by atoms with Gasteiger partial charge in [0.1, 0.15) is 0 Å². The highest BCUT2D eigenvalue weighted by Gasteiger charge is 2.11. The van der Waals surface area contributed by atoms with Crippen LogP contribution < -0.4 is 5.84 Å². The topological polar surface area (TPSA) is 105 Å². The lowest BCUT2D eigenvalue weighted by atomic mass is 10.0. The average molecular weight is 383 g/mol. The molecule has 0 spiro atoms. The lowest BCUT2D eigenvalue weighted by Gasteiger charge is -2.05. The summed E-state index contributed by atoms with van der Waals surface area (Å²) in [5.41, 5.74) is 13.9. The summed E-state index contributed by atoms with van der Waals surface area (Å²) in [5.74, 6) is 5.49. The van der Waals surface area contributed by atoms with Gasteiger partial charge in [-0.15, -0.1) is 5.11 Å². The van der Waals surface area contributed by atoms with E-state index in [0.717, 1.165) is 40.7 Å². The molecule has 4 aromatic rings. The van der Waals surface area contributed by atoms with Crippen LogP contribution in [0.4, 0.5) is 0 Å². The molecule has 29 heavy (non-hydrogen) atoms. The van der Waals surface area contributed by atoms with Crippen LogP contribution in [0.15, 0.2) is 77.3 Å². The first kappa shape index (κ1) is 18.5. The van der Waals surface area contributed by atoms with E-state index in [4.69, 9.17) is 11.4 Å². The summed E-state index contributed by atoms with van der Waals surface area (Å²) < 4.78 is 1.78. The van der Waals surface area contributed by atoms with Crippen molar-refractivity contribution in [1.29, 1.82) is 5.53 Å². The van der Waals surface area contributed by atoms with E-state index in [2.05, 4.69) is 51.5 Å². The van der Waals surface area contributed by atoms with Crippen LogP contribution in [0, 0.1) is 5.53 Å². The number of hydrogen-bond acceptors (Lipinski definition) is 5. The summed E-state index contributed by atoms with van der Waals surface area (Å²) in [7, 11) is 0. The number of nitrogens with two attached hydrogens (primary N) is 1. The minimum atomic E-state index is 0.171. The maximum Gasteiger partial charge on any atom is 0.199 e. The number of rotatable bonds is 5. The van der Waals surface area contributed by atoms with Crippen molar-refractivity contribution in [3.63, 3.8) is 0 Å². The van der Waals surface area contributed by atoms with Gasteiger partial charge in [0.2, 0.25) is 0 Å². The molecule has 2 heterocycles. The summed E-state index contributed by atoms with van der Waals surface area (Å²) in [4.78, 5) is 4.65. The predicted molar refractivity (Wildman–Crippen MR) is 114 cm³/mol. The normalized spacial score (nSPS) is 11.7. The first-order valence-corrected chi connectivity index (χ1v) is 9.42. The second-order valence-electron chi connectivity index (χ2n) is 6.76. The molecule has 0 aliphatic rings. The summed E-state index contributed by atoms with van der Waals surface area (Å²) in [6.45, 7) is 2.18. The summed E-state index contributed by atoms with van der Waals surface area (Å²) in [6, 6.07) is 16.1. The summed E-state index contributed by atoms with van der Waals surface area (Å²) >= 11 is 0. The molecular formula is C22H21N7. The fourth-order valence-electron chi connectivity index (χ4n) is 3.37. The molecule has 7 nitrogen and oxygen atoms in total. The third-order valence-electron chi connectivity index (χ3n) is 4.84. The maximum atomic E-state index is 7.20. The van der Waals surface area contributed by atoms with E-state index in [1.54, 1.807) is 10.7 Å². The molecular weight excluding hydrogens is 362 g/mol. The number of aromatic nitrogens is 3. The number of benzene rings is 2. The molecule has 0 saturated heterocycles. The molecule has 7 heteroatoms. The molecule has 0 fully saturated rings. The van der Waals surface area contributed by atoms with Crippen molar-refractivity contribution in [1.82, 2.24) is 14.6 Å². The minimum Gasteiger partial charge on any atom is -0.321 e. The predicted octanol–water partition coefficient (Wildman–Crippen LogP) is 4.67. The van der Waals surface area contributed by atoms with Gasteiger partial charge in [-0.05, 0) is 29.2 Å². The highest BCUT2D eigenvalue weighted by molar-refractivity contribution is 6.00. The van der Waals surface area contributed by atoms with Gasteiger partial charge in [-0.25, -0.2) is 15.0 Å². The van der Waals surface area contributed by atoms with Crippen molar-refractivity contribution in [2.45, 2.75) is 19.8 Å². The molecule has 0 aliphatic carbocycles. The molecule has 2 aromatic carbocycles. The van der Waals surface area contributed by atoms with Crippen molar-refractivity contribution in [2.24, 2.45) is 16.1 Å². The molecule has 0 aliphatic heterocycles. The van der Waals surface area contributed by atoms with E-state index in [1.807, 2.05) is 36.7 Å². The Morgan fingerprint density at radius 1 is 1.07 bits per heavy atom. The molecule has 144 valence electrons. The number of amidine groups is 1. The fourth-order valence-corrected chi connectivity index (χ4v) is 3.37. The van der Waals surface area contributed by atoms with Crippen LogP contribution in [0.5, 0.6) is 0 Å². The summed E-state index contributed by atoms with van der Waals surface area (Å²) in [6.07, 6.45) is 7.86. The standard InChI is InChI=1S/C22H21N7/c1-2-4-15-7-9-16(10-8-15)19-12-25-22-20(13-26-29(22)14-19)17-5-3-6-18(11-17)21(27-23)28-24/h3,5-14,23H,2,4,24H2,1H3/b27-23?,28-21-. The third-order valence-corrected chi connectivity index (χ3v) is 4.84. The molecule has 0 unspecified atom stereocenters. The Kier molecular flexibility index (Phi) is 5.11. The van der Waals surface area contributed by atoms with Crippen molar-refractivity contribution in [2.75, 3.05) is 0 Å². The first-order chi connectivity index (χ1) is 14.2. The highest BCUT2D eigenvalue weighted by atomic mass is 15.2. The molecule has 0 amide bonds. The maximum absolute atomic E-state index is 7.20. The Morgan fingerprint density at radius 2 is 1.90 bits per heavy atom. The quantitative estimate of drug-likeness (QED) is 0.172. The largest absolute Gasteiger partial charge is 0.321 e. The van der Waals surface area contributed by atoms with E-state index in [9.17, 15) is 0 Å². The number of hydrazone groups is 1. The Labute approximate surface area is 168 Å². The molecule has 0 atom stereocenters. The average Bonchev–Trinajstić information content (AvgIpc) is 3.19. The van der Waals surface area contributed by atoms with E-state index < -0.39 is 0 Å². The van der Waals surface area contributed by atoms with Crippen LogP contribution in [0.25, 0.3) is 27.9 Å². The highest BCUT2D eigenvalue weighted by Crippen LogP contribution is 2.26. The van der Waals surface area contributed by atoms with E-state index in [1.165, 1.54) is 5.56 Å².